The number of ether oxygens (including phenoxy) is 1. The fraction of sp³-hybridized carbons (Fsp3) is 0.533. The molecule has 1 saturated heterocycles. The Morgan fingerprint density at radius 1 is 1.40 bits per heavy atom. The van der Waals surface area contributed by atoms with Crippen LogP contribution in [0.25, 0.3) is 0 Å². The standard InChI is InChI=1S/C15H22N2O2S/c1-15(2,3)19-14(18)17-9-12(10-17)16-11-6-5-7-13(8-11)20-4/h5-8,12,16H,9-10H2,1-4H3. The van der Waals surface area contributed by atoms with E-state index in [2.05, 4.69) is 29.8 Å². The van der Waals surface area contributed by atoms with Crippen LogP contribution in [0.2, 0.25) is 0 Å². The third-order valence-electron chi connectivity index (χ3n) is 2.97. The minimum Gasteiger partial charge on any atom is -0.444 e. The number of amides is 1. The molecule has 2 rings (SSSR count). The van der Waals surface area contributed by atoms with Gasteiger partial charge in [-0.25, -0.2) is 4.79 Å². The van der Waals surface area contributed by atoms with Gasteiger partial charge in [-0.15, -0.1) is 11.8 Å². The molecule has 1 N–H and O–H groups in total. The van der Waals surface area contributed by atoms with E-state index in [0.717, 1.165) is 5.69 Å². The summed E-state index contributed by atoms with van der Waals surface area (Å²) in [5.41, 5.74) is 0.674. The van der Waals surface area contributed by atoms with E-state index in [-0.39, 0.29) is 6.09 Å². The Kier molecular flexibility index (Phi) is 4.48. The minimum absolute atomic E-state index is 0.228. The average Bonchev–Trinajstić information content (AvgIpc) is 2.31. The number of hydrogen-bond acceptors (Lipinski definition) is 4. The Balaban J connectivity index is 1.80. The lowest BCUT2D eigenvalue weighted by molar-refractivity contribution is 0.0105. The summed E-state index contributed by atoms with van der Waals surface area (Å²) in [6.07, 6.45) is 1.83. The second kappa shape index (κ2) is 5.95. The predicted molar refractivity (Wildman–Crippen MR) is 83.4 cm³/mol. The maximum absolute atomic E-state index is 11.8. The van der Waals surface area contributed by atoms with Gasteiger partial charge in [-0.3, -0.25) is 0 Å². The molecule has 0 spiro atoms. The zero-order chi connectivity index (χ0) is 14.8. The highest BCUT2D eigenvalue weighted by Gasteiger charge is 2.33. The molecule has 4 nitrogen and oxygen atoms in total. The Morgan fingerprint density at radius 2 is 2.10 bits per heavy atom. The number of carbonyl (C=O) groups excluding carboxylic acids is 1. The first kappa shape index (κ1) is 15.0. The number of carbonyl (C=O) groups is 1. The highest BCUT2D eigenvalue weighted by molar-refractivity contribution is 7.98. The van der Waals surface area contributed by atoms with Crippen molar-refractivity contribution in [1.82, 2.24) is 4.90 Å². The van der Waals surface area contributed by atoms with Gasteiger partial charge in [-0.2, -0.15) is 0 Å². The lowest BCUT2D eigenvalue weighted by atomic mass is 10.1. The highest BCUT2D eigenvalue weighted by atomic mass is 32.2. The summed E-state index contributed by atoms with van der Waals surface area (Å²) in [7, 11) is 0. The van der Waals surface area contributed by atoms with Crippen molar-refractivity contribution in [2.45, 2.75) is 37.3 Å². The molecule has 110 valence electrons. The molecule has 5 heteroatoms. The van der Waals surface area contributed by atoms with Crippen LogP contribution in [0.4, 0.5) is 10.5 Å². The first-order chi connectivity index (χ1) is 9.37. The van der Waals surface area contributed by atoms with E-state index in [4.69, 9.17) is 4.74 Å². The van der Waals surface area contributed by atoms with Gasteiger partial charge in [-0.05, 0) is 45.2 Å². The van der Waals surface area contributed by atoms with Crippen LogP contribution in [-0.2, 0) is 4.74 Å². The number of nitrogens with one attached hydrogen (secondary N) is 1. The number of anilines is 1. The predicted octanol–water partition coefficient (Wildman–Crippen LogP) is 3.44. The van der Waals surface area contributed by atoms with Crippen molar-refractivity contribution >= 4 is 23.5 Å². The van der Waals surface area contributed by atoms with Crippen molar-refractivity contribution in [3.63, 3.8) is 0 Å². The quantitative estimate of drug-likeness (QED) is 0.867. The highest BCUT2D eigenvalue weighted by Crippen LogP contribution is 2.22. The fourth-order valence-electron chi connectivity index (χ4n) is 1.99. The lowest BCUT2D eigenvalue weighted by Crippen LogP contribution is -2.57. The second-order valence-corrected chi connectivity index (χ2v) is 6.84. The number of thioether (sulfide) groups is 1. The molecule has 0 aliphatic carbocycles. The van der Waals surface area contributed by atoms with E-state index in [1.54, 1.807) is 16.7 Å². The molecule has 0 bridgehead atoms. The van der Waals surface area contributed by atoms with Gasteiger partial charge in [0.15, 0.2) is 0 Å². The first-order valence-electron chi connectivity index (χ1n) is 6.76. The van der Waals surface area contributed by atoms with Crippen molar-refractivity contribution < 1.29 is 9.53 Å². The molecule has 0 unspecified atom stereocenters. The molecule has 0 atom stereocenters. The summed E-state index contributed by atoms with van der Waals surface area (Å²) in [4.78, 5) is 14.8. The normalized spacial score (nSPS) is 15.7. The van der Waals surface area contributed by atoms with Crippen LogP contribution in [-0.4, -0.2) is 42.0 Å². The smallest absolute Gasteiger partial charge is 0.410 e. The number of hydrogen-bond donors (Lipinski definition) is 1. The molecule has 1 aliphatic rings. The molecular formula is C15H22N2O2S. The molecular weight excluding hydrogens is 272 g/mol. The number of benzene rings is 1. The van der Waals surface area contributed by atoms with Crippen LogP contribution in [0, 0.1) is 0 Å². The van der Waals surface area contributed by atoms with Gasteiger partial charge in [-0.1, -0.05) is 6.07 Å². The van der Waals surface area contributed by atoms with Gasteiger partial charge in [0, 0.05) is 23.7 Å². The molecule has 0 aromatic heterocycles. The van der Waals surface area contributed by atoms with E-state index in [9.17, 15) is 4.79 Å². The molecule has 0 saturated carbocycles. The van der Waals surface area contributed by atoms with Crippen molar-refractivity contribution in [2.24, 2.45) is 0 Å². The minimum atomic E-state index is -0.428. The maximum Gasteiger partial charge on any atom is 0.410 e. The fourth-order valence-corrected chi connectivity index (χ4v) is 2.45. The summed E-state index contributed by atoms with van der Waals surface area (Å²) in [5, 5.41) is 3.44. The third kappa shape index (κ3) is 4.07. The third-order valence-corrected chi connectivity index (χ3v) is 3.70. The van der Waals surface area contributed by atoms with E-state index in [1.807, 2.05) is 26.8 Å². The van der Waals surface area contributed by atoms with Crippen LogP contribution in [0.1, 0.15) is 20.8 Å². The number of nitrogens with zero attached hydrogens (tertiary/aromatic N) is 1. The van der Waals surface area contributed by atoms with Crippen molar-refractivity contribution in [2.75, 3.05) is 24.7 Å². The molecule has 1 aromatic carbocycles. The number of likely N-dealkylation sites (tertiary alicyclic amines) is 1. The molecule has 20 heavy (non-hydrogen) atoms. The zero-order valence-corrected chi connectivity index (χ0v) is 13.3. The largest absolute Gasteiger partial charge is 0.444 e. The molecule has 1 aromatic rings. The summed E-state index contributed by atoms with van der Waals surface area (Å²) >= 11 is 1.72. The van der Waals surface area contributed by atoms with Crippen LogP contribution in [0.3, 0.4) is 0 Å². The molecule has 1 amide bonds. The lowest BCUT2D eigenvalue weighted by Gasteiger charge is -2.40. The molecule has 1 fully saturated rings. The van der Waals surface area contributed by atoms with Crippen molar-refractivity contribution in [1.29, 1.82) is 0 Å². The van der Waals surface area contributed by atoms with E-state index in [0.29, 0.717) is 19.1 Å². The summed E-state index contributed by atoms with van der Waals surface area (Å²) in [6, 6.07) is 8.61. The van der Waals surface area contributed by atoms with E-state index < -0.39 is 5.60 Å². The van der Waals surface area contributed by atoms with Crippen LogP contribution < -0.4 is 5.32 Å². The Labute approximate surface area is 124 Å². The van der Waals surface area contributed by atoms with Gasteiger partial charge in [0.1, 0.15) is 5.60 Å². The van der Waals surface area contributed by atoms with Crippen LogP contribution >= 0.6 is 11.8 Å². The SMILES string of the molecule is CSc1cccc(NC2CN(C(=O)OC(C)(C)C)C2)c1. The van der Waals surface area contributed by atoms with Crippen molar-refractivity contribution in [3.8, 4) is 0 Å². The Bertz CT molecular complexity index is 479. The topological polar surface area (TPSA) is 41.6 Å². The van der Waals surface area contributed by atoms with Crippen LogP contribution in [0.15, 0.2) is 29.2 Å². The van der Waals surface area contributed by atoms with Gasteiger partial charge in [0.05, 0.1) is 6.04 Å². The molecule has 1 aliphatic heterocycles. The Morgan fingerprint density at radius 3 is 2.70 bits per heavy atom. The summed E-state index contributed by atoms with van der Waals surface area (Å²) in [5.74, 6) is 0. The Hall–Kier alpha value is -1.36. The van der Waals surface area contributed by atoms with Gasteiger partial charge < -0.3 is 15.0 Å². The summed E-state index contributed by atoms with van der Waals surface area (Å²) < 4.78 is 5.33. The average molecular weight is 294 g/mol. The van der Waals surface area contributed by atoms with Crippen molar-refractivity contribution in [3.05, 3.63) is 24.3 Å². The van der Waals surface area contributed by atoms with E-state index in [1.165, 1.54) is 4.90 Å². The number of rotatable bonds is 3. The monoisotopic (exact) mass is 294 g/mol. The first-order valence-corrected chi connectivity index (χ1v) is 7.98. The van der Waals surface area contributed by atoms with Gasteiger partial charge >= 0.3 is 6.09 Å². The van der Waals surface area contributed by atoms with Gasteiger partial charge in [0.25, 0.3) is 0 Å². The maximum atomic E-state index is 11.8. The summed E-state index contributed by atoms with van der Waals surface area (Å²) in [6.45, 7) is 7.04. The molecule has 1 heterocycles. The van der Waals surface area contributed by atoms with Gasteiger partial charge in [0.2, 0.25) is 0 Å². The van der Waals surface area contributed by atoms with E-state index >= 15 is 0 Å². The second-order valence-electron chi connectivity index (χ2n) is 5.96. The zero-order valence-electron chi connectivity index (χ0n) is 12.5. The van der Waals surface area contributed by atoms with Crippen LogP contribution in [0.5, 0.6) is 0 Å². The molecule has 0 radical (unpaired) electrons.